The highest BCUT2D eigenvalue weighted by molar-refractivity contribution is 5.68. The normalized spacial score (nSPS) is 9.08. The Morgan fingerprint density at radius 1 is 1.00 bits per heavy atom. The number of anilines is 3. The number of hydrogen-bond donors (Lipinski definition) is 1. The van der Waals surface area contributed by atoms with Gasteiger partial charge in [-0.05, 0) is 43.7 Å². The van der Waals surface area contributed by atoms with Gasteiger partial charge in [-0.15, -0.1) is 0 Å². The zero-order valence-electron chi connectivity index (χ0n) is 16.6. The molecule has 0 saturated carbocycles. The van der Waals surface area contributed by atoms with E-state index in [-0.39, 0.29) is 5.82 Å². The molecule has 0 atom stereocenters. The van der Waals surface area contributed by atoms with Crippen molar-refractivity contribution in [2.45, 2.75) is 48.0 Å². The number of allylic oxidation sites excluding steroid dienone is 1. The van der Waals surface area contributed by atoms with Crippen molar-refractivity contribution < 1.29 is 4.39 Å². The van der Waals surface area contributed by atoms with Gasteiger partial charge in [0.05, 0.1) is 5.69 Å². The molecule has 0 amide bonds. The van der Waals surface area contributed by atoms with Crippen molar-refractivity contribution in [2.75, 3.05) is 16.8 Å². The van der Waals surface area contributed by atoms with Crippen molar-refractivity contribution in [3.05, 3.63) is 66.6 Å². The van der Waals surface area contributed by atoms with Gasteiger partial charge in [-0.2, -0.15) is 0 Å². The minimum Gasteiger partial charge on any atom is -0.357 e. The summed E-state index contributed by atoms with van der Waals surface area (Å²) in [6.07, 6.45) is 1.01. The fourth-order valence-corrected chi connectivity index (χ4v) is 2.25. The van der Waals surface area contributed by atoms with Crippen LogP contribution in [0.15, 0.2) is 60.8 Å². The Morgan fingerprint density at radius 2 is 1.60 bits per heavy atom. The number of hydrogen-bond acceptors (Lipinski definition) is 2. The van der Waals surface area contributed by atoms with Gasteiger partial charge < -0.3 is 10.2 Å². The van der Waals surface area contributed by atoms with E-state index in [0.29, 0.717) is 11.4 Å². The summed E-state index contributed by atoms with van der Waals surface area (Å²) >= 11 is 0. The van der Waals surface area contributed by atoms with E-state index in [0.717, 1.165) is 24.3 Å². The molecule has 2 aromatic rings. The molecule has 0 heterocycles. The third-order valence-corrected chi connectivity index (χ3v) is 3.12. The molecule has 2 aromatic carbocycles. The number of halogens is 1. The third kappa shape index (κ3) is 7.42. The second kappa shape index (κ2) is 13.1. The highest BCUT2D eigenvalue weighted by Gasteiger charge is 2.11. The second-order valence-electron chi connectivity index (χ2n) is 5.06. The lowest BCUT2D eigenvalue weighted by atomic mass is 10.2. The Labute approximate surface area is 153 Å². The zero-order valence-corrected chi connectivity index (χ0v) is 16.6. The van der Waals surface area contributed by atoms with Gasteiger partial charge in [-0.1, -0.05) is 59.4 Å². The lowest BCUT2D eigenvalue weighted by Crippen LogP contribution is -2.18. The molecule has 0 unspecified atom stereocenters. The molecule has 0 aromatic heterocycles. The van der Waals surface area contributed by atoms with Crippen molar-refractivity contribution in [3.8, 4) is 0 Å². The molecule has 0 aliphatic heterocycles. The Hall–Kier alpha value is -2.29. The molecule has 25 heavy (non-hydrogen) atoms. The first-order valence-electron chi connectivity index (χ1n) is 9.16. The average Bonchev–Trinajstić information content (AvgIpc) is 2.65. The van der Waals surface area contributed by atoms with Crippen LogP contribution in [0.2, 0.25) is 0 Å². The predicted octanol–water partition coefficient (Wildman–Crippen LogP) is 7.37. The van der Waals surface area contributed by atoms with E-state index < -0.39 is 0 Å². The molecular formula is C22H33FN2. The standard InChI is InChI=1S/C18H21FN2.2C2H6/c1-4-12-21(15-8-6-5-7-9-15)16-10-11-17(19)18(13-16)20-14(2)3;2*1-2/h5-11,13,20H,2,4,12H2,1,3H3;2*1-2H3. The van der Waals surface area contributed by atoms with Crippen LogP contribution in [-0.2, 0) is 0 Å². The zero-order chi connectivity index (χ0) is 19.2. The summed E-state index contributed by atoms with van der Waals surface area (Å²) in [5.74, 6) is -0.272. The van der Waals surface area contributed by atoms with Crippen molar-refractivity contribution in [1.82, 2.24) is 0 Å². The van der Waals surface area contributed by atoms with Gasteiger partial charge >= 0.3 is 0 Å². The average molecular weight is 345 g/mol. The van der Waals surface area contributed by atoms with Crippen molar-refractivity contribution in [2.24, 2.45) is 0 Å². The summed E-state index contributed by atoms with van der Waals surface area (Å²) in [7, 11) is 0. The summed E-state index contributed by atoms with van der Waals surface area (Å²) in [6, 6.07) is 15.3. The minimum atomic E-state index is -0.272. The Balaban J connectivity index is 0.00000134. The maximum atomic E-state index is 13.9. The first kappa shape index (κ1) is 22.7. The lowest BCUT2D eigenvalue weighted by Gasteiger charge is -2.25. The maximum absolute atomic E-state index is 13.9. The van der Waals surface area contributed by atoms with E-state index >= 15 is 0 Å². The van der Waals surface area contributed by atoms with Gasteiger partial charge in [0, 0.05) is 23.6 Å². The quantitative estimate of drug-likeness (QED) is 0.588. The highest BCUT2D eigenvalue weighted by atomic mass is 19.1. The Morgan fingerprint density at radius 3 is 2.12 bits per heavy atom. The van der Waals surface area contributed by atoms with Gasteiger partial charge in [0.15, 0.2) is 0 Å². The third-order valence-electron chi connectivity index (χ3n) is 3.12. The number of para-hydroxylation sites is 1. The van der Waals surface area contributed by atoms with Gasteiger partial charge in [0.25, 0.3) is 0 Å². The molecule has 0 bridgehead atoms. The molecule has 0 fully saturated rings. The van der Waals surface area contributed by atoms with Crippen LogP contribution >= 0.6 is 0 Å². The fourth-order valence-electron chi connectivity index (χ4n) is 2.25. The van der Waals surface area contributed by atoms with E-state index in [1.807, 2.05) is 65.0 Å². The van der Waals surface area contributed by atoms with Crippen molar-refractivity contribution >= 4 is 17.1 Å². The number of nitrogens with zero attached hydrogens (tertiary/aromatic N) is 1. The predicted molar refractivity (Wildman–Crippen MR) is 111 cm³/mol. The Kier molecular flexibility index (Phi) is 11.9. The van der Waals surface area contributed by atoms with Gasteiger partial charge in [-0.3, -0.25) is 0 Å². The number of nitrogens with one attached hydrogen (secondary N) is 1. The van der Waals surface area contributed by atoms with Crippen molar-refractivity contribution in [3.63, 3.8) is 0 Å². The van der Waals surface area contributed by atoms with E-state index in [1.54, 1.807) is 0 Å². The molecule has 0 spiro atoms. The summed E-state index contributed by atoms with van der Waals surface area (Å²) in [4.78, 5) is 2.18. The monoisotopic (exact) mass is 344 g/mol. The van der Waals surface area contributed by atoms with Crippen LogP contribution < -0.4 is 10.2 Å². The fraction of sp³-hybridized carbons (Fsp3) is 0.364. The van der Waals surface area contributed by atoms with E-state index in [1.165, 1.54) is 6.07 Å². The number of rotatable bonds is 6. The smallest absolute Gasteiger partial charge is 0.146 e. The van der Waals surface area contributed by atoms with Crippen LogP contribution in [0.3, 0.4) is 0 Å². The van der Waals surface area contributed by atoms with Crippen molar-refractivity contribution in [1.29, 1.82) is 0 Å². The van der Waals surface area contributed by atoms with E-state index in [4.69, 9.17) is 0 Å². The SMILES string of the molecule is C=C(C)Nc1cc(N(CCC)c2ccccc2)ccc1F.CC.CC. The topological polar surface area (TPSA) is 15.3 Å². The van der Waals surface area contributed by atoms with E-state index in [2.05, 4.69) is 35.9 Å². The summed E-state index contributed by atoms with van der Waals surface area (Å²) < 4.78 is 13.9. The molecule has 3 heteroatoms. The summed E-state index contributed by atoms with van der Waals surface area (Å²) in [5.41, 5.74) is 3.24. The number of benzene rings is 2. The second-order valence-corrected chi connectivity index (χ2v) is 5.06. The summed E-state index contributed by atoms with van der Waals surface area (Å²) in [6.45, 7) is 16.6. The van der Waals surface area contributed by atoms with Gasteiger partial charge in [0.1, 0.15) is 5.82 Å². The minimum absolute atomic E-state index is 0.272. The van der Waals surface area contributed by atoms with Crippen LogP contribution in [0, 0.1) is 5.82 Å². The van der Waals surface area contributed by atoms with Crippen LogP contribution in [0.4, 0.5) is 21.5 Å². The van der Waals surface area contributed by atoms with Gasteiger partial charge in [-0.25, -0.2) is 4.39 Å². The molecule has 138 valence electrons. The van der Waals surface area contributed by atoms with E-state index in [9.17, 15) is 4.39 Å². The van der Waals surface area contributed by atoms with Gasteiger partial charge in [0.2, 0.25) is 0 Å². The van der Waals surface area contributed by atoms with Crippen LogP contribution in [-0.4, -0.2) is 6.54 Å². The molecule has 2 nitrogen and oxygen atoms in total. The lowest BCUT2D eigenvalue weighted by molar-refractivity contribution is 0.631. The molecule has 1 N–H and O–H groups in total. The van der Waals surface area contributed by atoms with Crippen LogP contribution in [0.25, 0.3) is 0 Å². The maximum Gasteiger partial charge on any atom is 0.146 e. The molecule has 0 aliphatic rings. The first-order valence-corrected chi connectivity index (χ1v) is 9.16. The molecule has 2 rings (SSSR count). The Bertz CT molecular complexity index is 609. The molecule has 0 radical (unpaired) electrons. The molecule has 0 saturated heterocycles. The highest BCUT2D eigenvalue weighted by Crippen LogP contribution is 2.29. The summed E-state index contributed by atoms with van der Waals surface area (Å²) in [5, 5.41) is 2.97. The molecule has 0 aliphatic carbocycles. The largest absolute Gasteiger partial charge is 0.357 e. The molecular weight excluding hydrogens is 311 g/mol. The van der Waals surface area contributed by atoms with Crippen LogP contribution in [0.1, 0.15) is 48.0 Å². The van der Waals surface area contributed by atoms with Crippen LogP contribution in [0.5, 0.6) is 0 Å². The first-order chi connectivity index (χ1) is 12.1.